The van der Waals surface area contributed by atoms with E-state index >= 15 is 0 Å². The Morgan fingerprint density at radius 1 is 1.22 bits per heavy atom. The number of allylic oxidation sites excluding steroid dienone is 1. The Kier molecular flexibility index (Phi) is 6.61. The van der Waals surface area contributed by atoms with Crippen molar-refractivity contribution in [3.63, 3.8) is 0 Å². The molecule has 2 amide bonds. The molecule has 0 unspecified atom stereocenters. The van der Waals surface area contributed by atoms with E-state index in [1.54, 1.807) is 24.4 Å². The van der Waals surface area contributed by atoms with Crippen molar-refractivity contribution in [2.75, 3.05) is 20.1 Å². The minimum Gasteiger partial charge on any atom is -0.302 e. The van der Waals surface area contributed by atoms with Crippen molar-refractivity contribution in [1.29, 1.82) is 0 Å². The number of amides is 2. The number of halogens is 4. The Balaban J connectivity index is 1.60. The fourth-order valence-electron chi connectivity index (χ4n) is 4.76. The summed E-state index contributed by atoms with van der Waals surface area (Å²) in [5.74, 6) is -0.477. The van der Waals surface area contributed by atoms with Crippen molar-refractivity contribution in [2.24, 2.45) is 0 Å². The van der Waals surface area contributed by atoms with Crippen LogP contribution in [0.25, 0.3) is 16.5 Å². The average molecular weight is 535 g/mol. The molecular formula is C25H22ClF3N4O2S. The molecule has 1 N–H and O–H groups in total. The second kappa shape index (κ2) is 9.57. The van der Waals surface area contributed by atoms with E-state index in [1.807, 2.05) is 7.05 Å². The first-order valence-electron chi connectivity index (χ1n) is 11.4. The van der Waals surface area contributed by atoms with Gasteiger partial charge < -0.3 is 4.90 Å². The number of nitrogens with one attached hydrogen (secondary N) is 1. The molecule has 188 valence electrons. The Morgan fingerprint density at radius 2 is 2.03 bits per heavy atom. The number of rotatable bonds is 5. The molecule has 11 heteroatoms. The van der Waals surface area contributed by atoms with E-state index in [9.17, 15) is 22.8 Å². The van der Waals surface area contributed by atoms with E-state index in [4.69, 9.17) is 11.6 Å². The third-order valence-electron chi connectivity index (χ3n) is 6.72. The number of likely N-dealkylation sites (N-methyl/N-ethyl adjacent to an activating group) is 1. The fraction of sp³-hybridized carbons (Fsp3) is 0.320. The molecule has 2 fully saturated rings. The zero-order valence-electron chi connectivity index (χ0n) is 19.2. The summed E-state index contributed by atoms with van der Waals surface area (Å²) in [5, 5.41) is 7.13. The molecule has 0 radical (unpaired) electrons. The van der Waals surface area contributed by atoms with E-state index < -0.39 is 22.9 Å². The molecule has 3 heterocycles. The van der Waals surface area contributed by atoms with Gasteiger partial charge in [0.25, 0.3) is 11.1 Å². The Bertz CT molecular complexity index is 1390. The Hall–Kier alpha value is -2.82. The van der Waals surface area contributed by atoms with Gasteiger partial charge in [-0.2, -0.15) is 18.3 Å². The number of fused-ring (bicyclic) bond motifs is 1. The zero-order chi connectivity index (χ0) is 25.6. The Morgan fingerprint density at radius 3 is 2.75 bits per heavy atom. The van der Waals surface area contributed by atoms with Crippen LogP contribution < -0.4 is 0 Å². The number of carbonyl (C=O) groups excluding carboxylic acids is 2. The molecule has 5 rings (SSSR count). The number of nitrogens with zero attached hydrogens (tertiary/aromatic N) is 3. The number of hydrogen-bond acceptors (Lipinski definition) is 5. The molecule has 2 aliphatic rings. The number of benzene rings is 2. The smallest absolute Gasteiger partial charge is 0.302 e. The molecule has 0 spiro atoms. The zero-order valence-corrected chi connectivity index (χ0v) is 20.8. The van der Waals surface area contributed by atoms with Crippen LogP contribution >= 0.6 is 23.4 Å². The summed E-state index contributed by atoms with van der Waals surface area (Å²) in [5.41, 5.74) is 0.755. The summed E-state index contributed by atoms with van der Waals surface area (Å²) < 4.78 is 41.6. The monoisotopic (exact) mass is 534 g/mol. The maximum Gasteiger partial charge on any atom is 0.416 e. The lowest BCUT2D eigenvalue weighted by Crippen LogP contribution is -2.40. The quantitative estimate of drug-likeness (QED) is 0.408. The van der Waals surface area contributed by atoms with Crippen LogP contribution in [0, 0.1) is 0 Å². The van der Waals surface area contributed by atoms with Gasteiger partial charge in [0, 0.05) is 23.0 Å². The van der Waals surface area contributed by atoms with Crippen molar-refractivity contribution in [2.45, 2.75) is 31.5 Å². The highest BCUT2D eigenvalue weighted by atomic mass is 35.5. The number of aromatic amines is 1. The van der Waals surface area contributed by atoms with E-state index in [0.29, 0.717) is 11.1 Å². The van der Waals surface area contributed by atoms with Crippen LogP contribution in [0.15, 0.2) is 47.5 Å². The summed E-state index contributed by atoms with van der Waals surface area (Å²) in [6.07, 6.45) is -1.37. The van der Waals surface area contributed by atoms with Crippen LogP contribution in [0.3, 0.4) is 0 Å². The molecule has 1 aromatic heterocycles. The minimum atomic E-state index is -4.63. The normalized spacial score (nSPS) is 20.7. The lowest BCUT2D eigenvalue weighted by atomic mass is 9.93. The van der Waals surface area contributed by atoms with E-state index in [-0.39, 0.29) is 34.5 Å². The van der Waals surface area contributed by atoms with E-state index in [2.05, 4.69) is 15.1 Å². The van der Waals surface area contributed by atoms with Crippen LogP contribution in [-0.2, 0) is 17.4 Å². The maximum absolute atomic E-state index is 13.9. The van der Waals surface area contributed by atoms with Gasteiger partial charge in [0.05, 0.1) is 22.2 Å². The molecule has 0 aliphatic carbocycles. The van der Waals surface area contributed by atoms with Crippen molar-refractivity contribution in [3.05, 3.63) is 69.2 Å². The first-order valence-corrected chi connectivity index (χ1v) is 12.6. The molecule has 1 atom stereocenters. The van der Waals surface area contributed by atoms with Crippen molar-refractivity contribution >= 4 is 51.0 Å². The van der Waals surface area contributed by atoms with Crippen LogP contribution in [0.4, 0.5) is 18.0 Å². The highest BCUT2D eigenvalue weighted by molar-refractivity contribution is 8.18. The third kappa shape index (κ3) is 4.77. The van der Waals surface area contributed by atoms with Gasteiger partial charge in [-0.05, 0) is 85.6 Å². The van der Waals surface area contributed by atoms with Gasteiger partial charge in [0.1, 0.15) is 0 Å². The predicted octanol–water partition coefficient (Wildman–Crippen LogP) is 5.98. The van der Waals surface area contributed by atoms with Gasteiger partial charge in [-0.15, -0.1) is 0 Å². The second-order valence-electron chi connectivity index (χ2n) is 9.02. The maximum atomic E-state index is 13.9. The first-order chi connectivity index (χ1) is 17.1. The summed E-state index contributed by atoms with van der Waals surface area (Å²) in [6.45, 7) is 1.15. The minimum absolute atomic E-state index is 0.0310. The van der Waals surface area contributed by atoms with Crippen molar-refractivity contribution in [3.8, 4) is 0 Å². The number of aromatic nitrogens is 2. The largest absolute Gasteiger partial charge is 0.416 e. The number of imide groups is 1. The summed E-state index contributed by atoms with van der Waals surface area (Å²) in [7, 11) is 1.96. The highest BCUT2D eigenvalue weighted by Gasteiger charge is 2.40. The van der Waals surface area contributed by atoms with Gasteiger partial charge in [-0.25, -0.2) is 0 Å². The SMILES string of the molecule is CN1CCC[C@H]1CN1C(=O)S/C(=C(/Cc2ccc(Cl)cc2C(F)(F)F)c2ccc3[nH]ncc3c2)C1=O. The number of H-pyrrole nitrogens is 1. The highest BCUT2D eigenvalue weighted by Crippen LogP contribution is 2.41. The second-order valence-corrected chi connectivity index (χ2v) is 10.4. The van der Waals surface area contributed by atoms with Crippen LogP contribution in [0.1, 0.15) is 29.5 Å². The van der Waals surface area contributed by atoms with E-state index in [1.165, 1.54) is 17.0 Å². The number of thioether (sulfide) groups is 1. The van der Waals surface area contributed by atoms with Gasteiger partial charge in [0.15, 0.2) is 0 Å². The predicted molar refractivity (Wildman–Crippen MR) is 134 cm³/mol. The molecule has 2 saturated heterocycles. The number of alkyl halides is 3. The number of carbonyl (C=O) groups is 2. The molecule has 2 aliphatic heterocycles. The molecule has 2 aromatic carbocycles. The average Bonchev–Trinajstić information content (AvgIpc) is 3.53. The lowest BCUT2D eigenvalue weighted by Gasteiger charge is -2.23. The van der Waals surface area contributed by atoms with Crippen molar-refractivity contribution < 1.29 is 22.8 Å². The van der Waals surface area contributed by atoms with Gasteiger partial charge >= 0.3 is 6.18 Å². The van der Waals surface area contributed by atoms with Gasteiger partial charge in [-0.1, -0.05) is 23.7 Å². The fourth-order valence-corrected chi connectivity index (χ4v) is 5.89. The topological polar surface area (TPSA) is 69.3 Å². The summed E-state index contributed by atoms with van der Waals surface area (Å²) in [6, 6.07) is 8.89. The molecular weight excluding hydrogens is 513 g/mol. The summed E-state index contributed by atoms with van der Waals surface area (Å²) in [4.78, 5) is 29.9. The molecule has 0 bridgehead atoms. The van der Waals surface area contributed by atoms with Crippen LogP contribution in [-0.4, -0.2) is 57.3 Å². The number of hydrogen-bond donors (Lipinski definition) is 1. The Labute approximate surface area is 214 Å². The van der Waals surface area contributed by atoms with Gasteiger partial charge in [0.2, 0.25) is 0 Å². The molecule has 36 heavy (non-hydrogen) atoms. The third-order valence-corrected chi connectivity index (χ3v) is 7.98. The van der Waals surface area contributed by atoms with Crippen molar-refractivity contribution in [1.82, 2.24) is 20.0 Å². The molecule has 0 saturated carbocycles. The first kappa shape index (κ1) is 24.9. The lowest BCUT2D eigenvalue weighted by molar-refractivity contribution is -0.138. The van der Waals surface area contributed by atoms with Gasteiger partial charge in [-0.3, -0.25) is 19.6 Å². The standard InChI is InChI=1S/C25H22ClF3N4O2S/c1-32-8-2-3-18(32)13-33-23(34)22(36-24(33)35)19(14-5-7-21-16(9-14)12-30-31-21)10-15-4-6-17(26)11-20(15)25(27,28)29/h4-7,9,11-12,18H,2-3,8,10,13H2,1H3,(H,30,31)/b22-19-/t18-/m0/s1. The van der Waals surface area contributed by atoms with E-state index in [0.717, 1.165) is 48.1 Å². The number of likely N-dealkylation sites (tertiary alicyclic amines) is 1. The molecule has 6 nitrogen and oxygen atoms in total. The van der Waals surface area contributed by atoms with Crippen LogP contribution in [0.5, 0.6) is 0 Å². The summed E-state index contributed by atoms with van der Waals surface area (Å²) >= 11 is 6.65. The molecule has 3 aromatic rings. The van der Waals surface area contributed by atoms with Crippen LogP contribution in [0.2, 0.25) is 5.02 Å².